The van der Waals surface area contributed by atoms with Crippen molar-refractivity contribution in [3.63, 3.8) is 0 Å². The Labute approximate surface area is 150 Å². The van der Waals surface area contributed by atoms with Gasteiger partial charge in [0.2, 0.25) is 0 Å². The molecule has 3 rings (SSSR count). The third-order valence-corrected chi connectivity index (χ3v) is 4.42. The second kappa shape index (κ2) is 8.31. The second-order valence-electron chi connectivity index (χ2n) is 5.76. The number of carbonyl (C=O) groups is 1. The number of hydrogen-bond donors (Lipinski definition) is 1. The molecule has 2 aromatic rings. The van der Waals surface area contributed by atoms with Gasteiger partial charge >= 0.3 is 0 Å². The van der Waals surface area contributed by atoms with Gasteiger partial charge in [0.05, 0.1) is 11.7 Å². The Morgan fingerprint density at radius 3 is 2.92 bits per heavy atom. The average molecular weight is 390 g/mol. The topological polar surface area (TPSA) is 47.6 Å². The SMILES string of the molecule is O=C(NCC1CCCO1)c1ccccc1OCc1cccc(Br)c1. The maximum Gasteiger partial charge on any atom is 0.255 e. The number of benzene rings is 2. The first-order valence-electron chi connectivity index (χ1n) is 8.08. The smallest absolute Gasteiger partial charge is 0.255 e. The average Bonchev–Trinajstić information content (AvgIpc) is 3.12. The zero-order valence-corrected chi connectivity index (χ0v) is 14.9. The van der Waals surface area contributed by atoms with Crippen LogP contribution in [0.3, 0.4) is 0 Å². The first-order chi connectivity index (χ1) is 11.7. The van der Waals surface area contributed by atoms with Crippen LogP contribution >= 0.6 is 15.9 Å². The Hall–Kier alpha value is -1.85. The molecule has 1 unspecified atom stereocenters. The fraction of sp³-hybridized carbons (Fsp3) is 0.316. The van der Waals surface area contributed by atoms with Gasteiger partial charge in [-0.1, -0.05) is 40.2 Å². The third-order valence-electron chi connectivity index (χ3n) is 3.93. The highest BCUT2D eigenvalue weighted by Crippen LogP contribution is 2.20. The fourth-order valence-corrected chi connectivity index (χ4v) is 3.12. The van der Waals surface area contributed by atoms with Gasteiger partial charge in [0, 0.05) is 17.6 Å². The van der Waals surface area contributed by atoms with Crippen LogP contribution in [0.1, 0.15) is 28.8 Å². The Morgan fingerprint density at radius 1 is 1.25 bits per heavy atom. The molecule has 1 amide bonds. The Kier molecular flexibility index (Phi) is 5.88. The van der Waals surface area contributed by atoms with E-state index < -0.39 is 0 Å². The Bertz CT molecular complexity index is 699. The second-order valence-corrected chi connectivity index (χ2v) is 6.68. The van der Waals surface area contributed by atoms with Crippen LogP contribution in [0, 0.1) is 0 Å². The van der Waals surface area contributed by atoms with Gasteiger partial charge in [-0.15, -0.1) is 0 Å². The van der Waals surface area contributed by atoms with E-state index in [1.165, 1.54) is 0 Å². The lowest BCUT2D eigenvalue weighted by Gasteiger charge is -2.14. The number of rotatable bonds is 6. The Balaban J connectivity index is 1.62. The predicted octanol–water partition coefficient (Wildman–Crippen LogP) is 3.94. The molecule has 0 radical (unpaired) electrons. The molecule has 0 saturated carbocycles. The van der Waals surface area contributed by atoms with Crippen molar-refractivity contribution >= 4 is 21.8 Å². The van der Waals surface area contributed by atoms with Crippen molar-refractivity contribution in [2.45, 2.75) is 25.6 Å². The normalized spacial score (nSPS) is 16.8. The zero-order valence-electron chi connectivity index (χ0n) is 13.3. The maximum absolute atomic E-state index is 12.4. The van der Waals surface area contributed by atoms with E-state index in [0.29, 0.717) is 24.5 Å². The van der Waals surface area contributed by atoms with Crippen LogP contribution in [0.4, 0.5) is 0 Å². The van der Waals surface area contributed by atoms with Crippen LogP contribution in [-0.2, 0) is 11.3 Å². The number of carbonyl (C=O) groups excluding carboxylic acids is 1. The van der Waals surface area contributed by atoms with Crippen LogP contribution in [0.25, 0.3) is 0 Å². The van der Waals surface area contributed by atoms with Crippen LogP contribution in [-0.4, -0.2) is 25.2 Å². The van der Waals surface area contributed by atoms with E-state index in [1.54, 1.807) is 6.07 Å². The molecule has 1 aliphatic rings. The van der Waals surface area contributed by atoms with E-state index in [1.807, 2.05) is 42.5 Å². The van der Waals surface area contributed by atoms with Gasteiger partial charge in [-0.05, 0) is 42.7 Å². The lowest BCUT2D eigenvalue weighted by atomic mass is 10.1. The van der Waals surface area contributed by atoms with Gasteiger partial charge < -0.3 is 14.8 Å². The highest BCUT2D eigenvalue weighted by molar-refractivity contribution is 9.10. The van der Waals surface area contributed by atoms with E-state index >= 15 is 0 Å². The highest BCUT2D eigenvalue weighted by Gasteiger charge is 2.18. The molecular formula is C19H20BrNO3. The van der Waals surface area contributed by atoms with E-state index in [2.05, 4.69) is 21.2 Å². The summed E-state index contributed by atoms with van der Waals surface area (Å²) in [4.78, 5) is 12.4. The van der Waals surface area contributed by atoms with Crippen molar-refractivity contribution in [2.24, 2.45) is 0 Å². The van der Waals surface area contributed by atoms with E-state index in [0.717, 1.165) is 29.5 Å². The lowest BCUT2D eigenvalue weighted by Crippen LogP contribution is -2.32. The molecule has 1 atom stereocenters. The molecule has 1 saturated heterocycles. The minimum absolute atomic E-state index is 0.128. The van der Waals surface area contributed by atoms with Crippen molar-refractivity contribution in [1.82, 2.24) is 5.32 Å². The first-order valence-corrected chi connectivity index (χ1v) is 8.88. The number of nitrogens with one attached hydrogen (secondary N) is 1. The van der Waals surface area contributed by atoms with Crippen LogP contribution in [0.5, 0.6) is 5.75 Å². The molecule has 0 bridgehead atoms. The summed E-state index contributed by atoms with van der Waals surface area (Å²) in [7, 11) is 0. The number of para-hydroxylation sites is 1. The number of halogens is 1. The number of amides is 1. The molecule has 0 aromatic heterocycles. The molecule has 0 aliphatic carbocycles. The van der Waals surface area contributed by atoms with E-state index in [-0.39, 0.29) is 12.0 Å². The van der Waals surface area contributed by atoms with Crippen LogP contribution in [0.2, 0.25) is 0 Å². The van der Waals surface area contributed by atoms with Crippen molar-refractivity contribution in [2.75, 3.05) is 13.2 Å². The minimum atomic E-state index is -0.129. The molecular weight excluding hydrogens is 370 g/mol. The van der Waals surface area contributed by atoms with Gasteiger partial charge in [-0.2, -0.15) is 0 Å². The van der Waals surface area contributed by atoms with Gasteiger partial charge in [-0.25, -0.2) is 0 Å². The third kappa shape index (κ3) is 4.58. The van der Waals surface area contributed by atoms with Crippen molar-refractivity contribution in [3.8, 4) is 5.75 Å². The summed E-state index contributed by atoms with van der Waals surface area (Å²) in [6.45, 7) is 1.74. The molecule has 0 spiro atoms. The molecule has 1 N–H and O–H groups in total. The summed E-state index contributed by atoms with van der Waals surface area (Å²) in [6, 6.07) is 15.2. The standard InChI is InChI=1S/C19H20BrNO3/c20-15-6-3-5-14(11-15)13-24-18-9-2-1-8-17(18)19(22)21-12-16-7-4-10-23-16/h1-3,5-6,8-9,11,16H,4,7,10,12-13H2,(H,21,22). The molecule has 126 valence electrons. The van der Waals surface area contributed by atoms with Gasteiger partial charge in [0.1, 0.15) is 12.4 Å². The summed E-state index contributed by atoms with van der Waals surface area (Å²) in [5.74, 6) is 0.456. The molecule has 5 heteroatoms. The zero-order chi connectivity index (χ0) is 16.8. The molecule has 2 aromatic carbocycles. The monoisotopic (exact) mass is 389 g/mol. The summed E-state index contributed by atoms with van der Waals surface area (Å²) >= 11 is 3.45. The summed E-state index contributed by atoms with van der Waals surface area (Å²) < 4.78 is 12.4. The lowest BCUT2D eigenvalue weighted by molar-refractivity contribution is 0.0854. The van der Waals surface area contributed by atoms with Crippen molar-refractivity contribution in [1.29, 1.82) is 0 Å². The fourth-order valence-electron chi connectivity index (χ4n) is 2.68. The number of ether oxygens (including phenoxy) is 2. The predicted molar refractivity (Wildman–Crippen MR) is 96.2 cm³/mol. The summed E-state index contributed by atoms with van der Waals surface area (Å²) in [5.41, 5.74) is 1.59. The summed E-state index contributed by atoms with van der Waals surface area (Å²) in [6.07, 6.45) is 2.19. The minimum Gasteiger partial charge on any atom is -0.488 e. The van der Waals surface area contributed by atoms with Gasteiger partial charge in [0.25, 0.3) is 5.91 Å². The molecule has 4 nitrogen and oxygen atoms in total. The quantitative estimate of drug-likeness (QED) is 0.813. The van der Waals surface area contributed by atoms with Crippen LogP contribution in [0.15, 0.2) is 53.0 Å². The summed E-state index contributed by atoms with van der Waals surface area (Å²) in [5, 5.41) is 2.94. The molecule has 1 fully saturated rings. The van der Waals surface area contributed by atoms with Crippen molar-refractivity contribution < 1.29 is 14.3 Å². The van der Waals surface area contributed by atoms with Crippen molar-refractivity contribution in [3.05, 3.63) is 64.1 Å². The number of hydrogen-bond acceptors (Lipinski definition) is 3. The van der Waals surface area contributed by atoms with Gasteiger partial charge in [0.15, 0.2) is 0 Å². The largest absolute Gasteiger partial charge is 0.488 e. The van der Waals surface area contributed by atoms with Gasteiger partial charge in [-0.3, -0.25) is 4.79 Å². The molecule has 1 heterocycles. The Morgan fingerprint density at radius 2 is 2.12 bits per heavy atom. The van der Waals surface area contributed by atoms with E-state index in [9.17, 15) is 4.79 Å². The van der Waals surface area contributed by atoms with Crippen LogP contribution < -0.4 is 10.1 Å². The first kappa shape index (κ1) is 17.0. The maximum atomic E-state index is 12.4. The molecule has 24 heavy (non-hydrogen) atoms. The van der Waals surface area contributed by atoms with E-state index in [4.69, 9.17) is 9.47 Å². The highest BCUT2D eigenvalue weighted by atomic mass is 79.9. The molecule has 1 aliphatic heterocycles.